The molecule has 0 saturated heterocycles. The standard InChI is InChI=1S/C25H23FN4O5S/c1-15-9-10-17(13-20(15)26)27-23(31)22(16-7-5-4-6-8-16)28-36(34,35)18-11-12-21-19(14-18)24(32)30(3)25(33)29(21)2/h4-14,22,28H,1-3H3,(H,27,31). The molecule has 11 heteroatoms. The Balaban J connectivity index is 1.74. The number of benzene rings is 3. The average Bonchev–Trinajstić information content (AvgIpc) is 2.87. The second-order valence-electron chi connectivity index (χ2n) is 8.30. The topological polar surface area (TPSA) is 119 Å². The molecule has 4 rings (SSSR count). The predicted molar refractivity (Wildman–Crippen MR) is 134 cm³/mol. The first-order valence-electron chi connectivity index (χ1n) is 10.8. The highest BCUT2D eigenvalue weighted by atomic mass is 32.2. The van der Waals surface area contributed by atoms with E-state index in [9.17, 15) is 27.2 Å². The van der Waals surface area contributed by atoms with Crippen LogP contribution in [-0.2, 0) is 28.9 Å². The summed E-state index contributed by atoms with van der Waals surface area (Å²) in [5.74, 6) is -1.25. The number of carbonyl (C=O) groups is 1. The largest absolute Gasteiger partial charge is 0.330 e. The predicted octanol–water partition coefficient (Wildman–Crippen LogP) is 2.34. The van der Waals surface area contributed by atoms with Gasteiger partial charge in [-0.25, -0.2) is 17.6 Å². The van der Waals surface area contributed by atoms with E-state index in [2.05, 4.69) is 10.0 Å². The summed E-state index contributed by atoms with van der Waals surface area (Å²) in [6.45, 7) is 1.58. The van der Waals surface area contributed by atoms with Crippen LogP contribution in [0.5, 0.6) is 0 Å². The van der Waals surface area contributed by atoms with Gasteiger partial charge in [-0.2, -0.15) is 4.72 Å². The first kappa shape index (κ1) is 25.0. The number of hydrogen-bond donors (Lipinski definition) is 2. The Labute approximate surface area is 205 Å². The van der Waals surface area contributed by atoms with Crippen LogP contribution in [0.25, 0.3) is 10.9 Å². The Bertz CT molecular complexity index is 1710. The molecule has 4 aromatic rings. The van der Waals surface area contributed by atoms with Crippen molar-refractivity contribution in [1.82, 2.24) is 13.9 Å². The summed E-state index contributed by atoms with van der Waals surface area (Å²) < 4.78 is 45.2. The molecule has 0 aliphatic heterocycles. The molecule has 0 fully saturated rings. The monoisotopic (exact) mass is 510 g/mol. The lowest BCUT2D eigenvalue weighted by atomic mass is 10.1. The van der Waals surface area contributed by atoms with Gasteiger partial charge >= 0.3 is 5.69 Å². The lowest BCUT2D eigenvalue weighted by Gasteiger charge is -2.19. The molecule has 0 bridgehead atoms. The number of nitrogens with one attached hydrogen (secondary N) is 2. The molecule has 1 heterocycles. The maximum absolute atomic E-state index is 14.0. The van der Waals surface area contributed by atoms with E-state index in [-0.39, 0.29) is 21.5 Å². The van der Waals surface area contributed by atoms with Crippen molar-refractivity contribution < 1.29 is 17.6 Å². The van der Waals surface area contributed by atoms with Gasteiger partial charge < -0.3 is 5.32 Å². The summed E-state index contributed by atoms with van der Waals surface area (Å²) in [7, 11) is -1.55. The van der Waals surface area contributed by atoms with Gasteiger partial charge in [0, 0.05) is 19.8 Å². The summed E-state index contributed by atoms with van der Waals surface area (Å²) in [6.07, 6.45) is 0. The molecular formula is C25H23FN4O5S. The van der Waals surface area contributed by atoms with Gasteiger partial charge in [-0.1, -0.05) is 36.4 Å². The van der Waals surface area contributed by atoms with E-state index < -0.39 is 39.0 Å². The summed E-state index contributed by atoms with van der Waals surface area (Å²) in [6, 6.07) is 14.7. The molecule has 2 N–H and O–H groups in total. The lowest BCUT2D eigenvalue weighted by molar-refractivity contribution is -0.117. The van der Waals surface area contributed by atoms with Crippen molar-refractivity contribution in [2.75, 3.05) is 5.32 Å². The van der Waals surface area contributed by atoms with Crippen molar-refractivity contribution in [2.45, 2.75) is 17.9 Å². The van der Waals surface area contributed by atoms with Crippen LogP contribution in [0, 0.1) is 12.7 Å². The fourth-order valence-corrected chi connectivity index (χ4v) is 4.98. The summed E-state index contributed by atoms with van der Waals surface area (Å²) in [5.41, 5.74) is -0.0175. The fraction of sp³-hybridized carbons (Fsp3) is 0.160. The van der Waals surface area contributed by atoms with Crippen LogP contribution in [-0.4, -0.2) is 23.5 Å². The van der Waals surface area contributed by atoms with Crippen LogP contribution in [0.2, 0.25) is 0 Å². The Kier molecular flexibility index (Phi) is 6.61. The van der Waals surface area contributed by atoms with Crippen molar-refractivity contribution in [3.63, 3.8) is 0 Å². The van der Waals surface area contributed by atoms with Crippen LogP contribution in [0.4, 0.5) is 10.1 Å². The van der Waals surface area contributed by atoms with Crippen LogP contribution in [0.1, 0.15) is 17.2 Å². The highest BCUT2D eigenvalue weighted by Crippen LogP contribution is 2.22. The molecule has 1 unspecified atom stereocenters. The number of nitrogens with zero attached hydrogens (tertiary/aromatic N) is 2. The Morgan fingerprint density at radius 3 is 2.31 bits per heavy atom. The van der Waals surface area contributed by atoms with Crippen molar-refractivity contribution in [3.8, 4) is 0 Å². The van der Waals surface area contributed by atoms with Crippen LogP contribution < -0.4 is 21.3 Å². The number of rotatable bonds is 6. The molecule has 9 nitrogen and oxygen atoms in total. The highest BCUT2D eigenvalue weighted by molar-refractivity contribution is 7.89. The van der Waals surface area contributed by atoms with Gasteiger partial charge in [-0.3, -0.25) is 18.7 Å². The third-order valence-corrected chi connectivity index (χ3v) is 7.28. The molecule has 3 aromatic carbocycles. The Morgan fingerprint density at radius 2 is 1.64 bits per heavy atom. The first-order valence-corrected chi connectivity index (χ1v) is 12.3. The molecule has 1 aromatic heterocycles. The highest BCUT2D eigenvalue weighted by Gasteiger charge is 2.28. The van der Waals surface area contributed by atoms with Crippen LogP contribution >= 0.6 is 0 Å². The fourth-order valence-electron chi connectivity index (χ4n) is 3.77. The molecule has 1 atom stereocenters. The van der Waals surface area contributed by atoms with Gasteiger partial charge in [0.2, 0.25) is 15.9 Å². The number of anilines is 1. The maximum atomic E-state index is 14.0. The summed E-state index contributed by atoms with van der Waals surface area (Å²) in [5, 5.41) is 2.57. The van der Waals surface area contributed by atoms with E-state index >= 15 is 0 Å². The minimum atomic E-state index is -4.32. The molecule has 0 spiro atoms. The minimum absolute atomic E-state index is 0.0262. The SMILES string of the molecule is Cc1ccc(NC(=O)C(NS(=O)(=O)c2ccc3c(c2)c(=O)n(C)c(=O)n3C)c2ccccc2)cc1F. The van der Waals surface area contributed by atoms with E-state index in [4.69, 9.17) is 0 Å². The molecular weight excluding hydrogens is 487 g/mol. The first-order chi connectivity index (χ1) is 17.0. The van der Waals surface area contributed by atoms with Crippen LogP contribution in [0.15, 0.2) is 81.2 Å². The normalized spacial score (nSPS) is 12.4. The third-order valence-electron chi connectivity index (χ3n) is 5.86. The zero-order chi connectivity index (χ0) is 26.2. The number of hydrogen-bond acceptors (Lipinski definition) is 5. The smallest absolute Gasteiger partial charge is 0.324 e. The average molecular weight is 511 g/mol. The van der Waals surface area contributed by atoms with Gasteiger partial charge in [0.05, 0.1) is 15.8 Å². The zero-order valence-electron chi connectivity index (χ0n) is 19.7. The van der Waals surface area contributed by atoms with Gasteiger partial charge in [0.15, 0.2) is 0 Å². The molecule has 186 valence electrons. The molecule has 1 amide bonds. The van der Waals surface area contributed by atoms with E-state index in [1.165, 1.54) is 42.9 Å². The number of halogens is 1. The van der Waals surface area contributed by atoms with Crippen LogP contribution in [0.3, 0.4) is 0 Å². The summed E-state index contributed by atoms with van der Waals surface area (Å²) >= 11 is 0. The van der Waals surface area contributed by atoms with Crippen molar-refractivity contribution in [1.29, 1.82) is 0 Å². The van der Waals surface area contributed by atoms with Gasteiger partial charge in [0.25, 0.3) is 5.56 Å². The maximum Gasteiger partial charge on any atom is 0.330 e. The Morgan fingerprint density at radius 1 is 0.944 bits per heavy atom. The van der Waals surface area contributed by atoms with Gasteiger partial charge in [-0.05, 0) is 48.4 Å². The molecule has 36 heavy (non-hydrogen) atoms. The second-order valence-corrected chi connectivity index (χ2v) is 10.0. The zero-order valence-corrected chi connectivity index (χ0v) is 20.5. The second kappa shape index (κ2) is 9.51. The van der Waals surface area contributed by atoms with E-state index in [1.807, 2.05) is 0 Å². The Hall–Kier alpha value is -4.09. The number of fused-ring (bicyclic) bond motifs is 1. The number of aromatic nitrogens is 2. The van der Waals surface area contributed by atoms with Crippen molar-refractivity contribution in [2.24, 2.45) is 14.1 Å². The van der Waals surface area contributed by atoms with Crippen molar-refractivity contribution >= 4 is 32.5 Å². The number of carbonyl (C=O) groups excluding carboxylic acids is 1. The van der Waals surface area contributed by atoms with Gasteiger partial charge in [-0.15, -0.1) is 0 Å². The van der Waals surface area contributed by atoms with E-state index in [0.717, 1.165) is 16.7 Å². The quantitative estimate of drug-likeness (QED) is 0.413. The molecule has 0 saturated carbocycles. The summed E-state index contributed by atoms with van der Waals surface area (Å²) in [4.78, 5) is 37.7. The number of amides is 1. The minimum Gasteiger partial charge on any atom is -0.324 e. The van der Waals surface area contributed by atoms with Crippen molar-refractivity contribution in [3.05, 3.63) is 105 Å². The molecule has 0 aliphatic carbocycles. The molecule has 0 radical (unpaired) electrons. The number of sulfonamides is 1. The third kappa shape index (κ3) is 4.70. The van der Waals surface area contributed by atoms with E-state index in [0.29, 0.717) is 11.1 Å². The molecule has 0 aliphatic rings. The number of aryl methyl sites for hydroxylation is 2. The van der Waals surface area contributed by atoms with E-state index in [1.54, 1.807) is 37.3 Å². The lowest BCUT2D eigenvalue weighted by Crippen LogP contribution is -2.38. The van der Waals surface area contributed by atoms with Gasteiger partial charge in [0.1, 0.15) is 11.9 Å².